The third-order valence-corrected chi connectivity index (χ3v) is 8.56. The normalized spacial score (nSPS) is 15.1. The minimum absolute atomic E-state index is 0.0693. The van der Waals surface area contributed by atoms with E-state index in [4.69, 9.17) is 14.8 Å². The average Bonchev–Trinajstić information content (AvgIpc) is 3.05. The maximum atomic E-state index is 12.7. The SMILES string of the molecule is CC/C=C\C/C=C\C/C=C\CCCCCCCCCC(=O)NC(COP(=O)(O)OCCN)C(O)/C=C/CC/C=C/CCCCCCC. The van der Waals surface area contributed by atoms with Gasteiger partial charge in [0.2, 0.25) is 5.91 Å². The molecule has 0 heterocycles. The quantitative estimate of drug-likeness (QED) is 0.0308. The summed E-state index contributed by atoms with van der Waals surface area (Å²) in [5, 5.41) is 13.5. The molecule has 0 aromatic carbocycles. The molecule has 0 fully saturated rings. The molecule has 47 heavy (non-hydrogen) atoms. The number of allylic oxidation sites excluding steroid dienone is 9. The van der Waals surface area contributed by atoms with Crippen LogP contribution >= 0.6 is 7.82 Å². The summed E-state index contributed by atoms with van der Waals surface area (Å²) in [5.74, 6) is -0.220. The minimum atomic E-state index is -4.34. The summed E-state index contributed by atoms with van der Waals surface area (Å²) in [6, 6.07) is -0.882. The third kappa shape index (κ3) is 32.5. The number of carbonyl (C=O) groups is 1. The van der Waals surface area contributed by atoms with Gasteiger partial charge in [-0.15, -0.1) is 0 Å². The monoisotopic (exact) mass is 680 g/mol. The van der Waals surface area contributed by atoms with E-state index >= 15 is 0 Å². The highest BCUT2D eigenvalue weighted by Crippen LogP contribution is 2.43. The maximum absolute atomic E-state index is 12.7. The van der Waals surface area contributed by atoms with Crippen LogP contribution in [0.3, 0.4) is 0 Å². The largest absolute Gasteiger partial charge is 0.472 e. The van der Waals surface area contributed by atoms with Crippen molar-refractivity contribution >= 4 is 13.7 Å². The zero-order chi connectivity index (χ0) is 34.7. The number of unbranched alkanes of at least 4 members (excludes halogenated alkanes) is 13. The van der Waals surface area contributed by atoms with Gasteiger partial charge in [0, 0.05) is 13.0 Å². The first-order chi connectivity index (χ1) is 22.9. The summed E-state index contributed by atoms with van der Waals surface area (Å²) in [4.78, 5) is 22.6. The number of amides is 1. The molecule has 3 atom stereocenters. The highest BCUT2D eigenvalue weighted by molar-refractivity contribution is 7.47. The highest BCUT2D eigenvalue weighted by atomic mass is 31.2. The molecule has 0 saturated carbocycles. The number of aliphatic hydroxyl groups excluding tert-OH is 1. The van der Waals surface area contributed by atoms with Crippen molar-refractivity contribution in [2.75, 3.05) is 19.8 Å². The number of phosphoric ester groups is 1. The van der Waals surface area contributed by atoms with Gasteiger partial charge in [-0.1, -0.05) is 132 Å². The van der Waals surface area contributed by atoms with Gasteiger partial charge in [0.1, 0.15) is 0 Å². The van der Waals surface area contributed by atoms with Crippen molar-refractivity contribution in [3.05, 3.63) is 60.8 Å². The Balaban J connectivity index is 4.36. The predicted molar refractivity (Wildman–Crippen MR) is 198 cm³/mol. The Morgan fingerprint density at radius 2 is 1.26 bits per heavy atom. The van der Waals surface area contributed by atoms with Crippen molar-refractivity contribution in [1.29, 1.82) is 0 Å². The van der Waals surface area contributed by atoms with Crippen LogP contribution in [0.4, 0.5) is 0 Å². The number of phosphoric acid groups is 1. The fourth-order valence-electron chi connectivity index (χ4n) is 4.81. The molecule has 0 aromatic rings. The lowest BCUT2D eigenvalue weighted by molar-refractivity contribution is -0.123. The summed E-state index contributed by atoms with van der Waals surface area (Å²) in [6.07, 6.45) is 41.2. The average molecular weight is 681 g/mol. The molecule has 9 heteroatoms. The number of aliphatic hydroxyl groups is 1. The summed E-state index contributed by atoms with van der Waals surface area (Å²) < 4.78 is 22.0. The molecule has 0 spiro atoms. The smallest absolute Gasteiger partial charge is 0.387 e. The first-order valence-corrected chi connectivity index (χ1v) is 19.9. The molecule has 0 aliphatic carbocycles. The van der Waals surface area contributed by atoms with Crippen molar-refractivity contribution in [3.63, 3.8) is 0 Å². The van der Waals surface area contributed by atoms with Gasteiger partial charge in [0.15, 0.2) is 0 Å². The molecule has 1 amide bonds. The van der Waals surface area contributed by atoms with Crippen LogP contribution in [-0.2, 0) is 18.4 Å². The molecule has 0 aromatic heterocycles. The molecule has 0 aliphatic rings. The van der Waals surface area contributed by atoms with Crippen molar-refractivity contribution in [3.8, 4) is 0 Å². The molecule has 0 rings (SSSR count). The molecule has 8 nitrogen and oxygen atoms in total. The van der Waals surface area contributed by atoms with Crippen molar-refractivity contribution in [2.24, 2.45) is 5.73 Å². The molecule has 0 aliphatic heterocycles. The first kappa shape index (κ1) is 45.2. The number of hydrogen-bond donors (Lipinski definition) is 4. The van der Waals surface area contributed by atoms with E-state index in [1.165, 1.54) is 51.4 Å². The van der Waals surface area contributed by atoms with E-state index in [9.17, 15) is 19.4 Å². The van der Waals surface area contributed by atoms with Gasteiger partial charge in [0.05, 0.1) is 25.4 Å². The summed E-state index contributed by atoms with van der Waals surface area (Å²) in [6.45, 7) is 3.94. The van der Waals surface area contributed by atoms with Gasteiger partial charge in [-0.25, -0.2) is 4.57 Å². The Morgan fingerprint density at radius 3 is 1.89 bits per heavy atom. The van der Waals surface area contributed by atoms with Crippen LogP contribution in [0.2, 0.25) is 0 Å². The van der Waals surface area contributed by atoms with Gasteiger partial charge >= 0.3 is 7.82 Å². The topological polar surface area (TPSA) is 131 Å². The molecule has 0 bridgehead atoms. The second kappa shape index (κ2) is 34.1. The van der Waals surface area contributed by atoms with Crippen molar-refractivity contribution < 1.29 is 28.4 Å². The lowest BCUT2D eigenvalue weighted by Gasteiger charge is -2.23. The maximum Gasteiger partial charge on any atom is 0.472 e. The Kier molecular flexibility index (Phi) is 32.8. The van der Waals surface area contributed by atoms with Crippen LogP contribution in [0.15, 0.2) is 60.8 Å². The number of rotatable bonds is 33. The summed E-state index contributed by atoms with van der Waals surface area (Å²) in [5.41, 5.74) is 5.34. The van der Waals surface area contributed by atoms with Crippen LogP contribution < -0.4 is 11.1 Å². The molecule has 3 unspecified atom stereocenters. The molecular weight excluding hydrogens is 611 g/mol. The highest BCUT2D eigenvalue weighted by Gasteiger charge is 2.26. The summed E-state index contributed by atoms with van der Waals surface area (Å²) in [7, 11) is -4.34. The second-order valence-corrected chi connectivity index (χ2v) is 13.5. The number of nitrogens with one attached hydrogen (secondary N) is 1. The Hall–Kier alpha value is -1.80. The van der Waals surface area contributed by atoms with E-state index in [1.54, 1.807) is 6.08 Å². The van der Waals surface area contributed by atoms with Crippen LogP contribution in [0.25, 0.3) is 0 Å². The molecular formula is C38H69N2O6P. The first-order valence-electron chi connectivity index (χ1n) is 18.4. The van der Waals surface area contributed by atoms with Gasteiger partial charge in [-0.2, -0.15) is 0 Å². The lowest BCUT2D eigenvalue weighted by Crippen LogP contribution is -2.45. The van der Waals surface area contributed by atoms with E-state index in [0.29, 0.717) is 6.42 Å². The molecule has 272 valence electrons. The fraction of sp³-hybridized carbons (Fsp3) is 0.711. The van der Waals surface area contributed by atoms with E-state index in [0.717, 1.165) is 70.6 Å². The molecule has 5 N–H and O–H groups in total. The van der Waals surface area contributed by atoms with Gasteiger partial charge in [-0.05, 0) is 64.2 Å². The number of hydrogen-bond acceptors (Lipinski definition) is 6. The molecule has 0 radical (unpaired) electrons. The third-order valence-electron chi connectivity index (χ3n) is 7.58. The second-order valence-electron chi connectivity index (χ2n) is 12.0. The summed E-state index contributed by atoms with van der Waals surface area (Å²) >= 11 is 0. The van der Waals surface area contributed by atoms with Crippen LogP contribution in [-0.4, -0.2) is 47.8 Å². The zero-order valence-corrected chi connectivity index (χ0v) is 30.6. The lowest BCUT2D eigenvalue weighted by atomic mass is 10.1. The van der Waals surface area contributed by atoms with Gasteiger partial charge in [0.25, 0.3) is 0 Å². The molecule has 0 saturated heterocycles. The predicted octanol–water partition coefficient (Wildman–Crippen LogP) is 9.55. The van der Waals surface area contributed by atoms with Crippen LogP contribution in [0.1, 0.15) is 142 Å². The van der Waals surface area contributed by atoms with Crippen molar-refractivity contribution in [2.45, 2.75) is 154 Å². The minimum Gasteiger partial charge on any atom is -0.387 e. The number of carbonyl (C=O) groups excluding carboxylic acids is 1. The van der Waals surface area contributed by atoms with E-state index in [1.807, 2.05) is 6.08 Å². The number of nitrogens with two attached hydrogens (primary N) is 1. The van der Waals surface area contributed by atoms with Crippen LogP contribution in [0.5, 0.6) is 0 Å². The van der Waals surface area contributed by atoms with E-state index in [2.05, 4.69) is 67.8 Å². The Labute approximate surface area is 287 Å². The van der Waals surface area contributed by atoms with Crippen molar-refractivity contribution in [1.82, 2.24) is 5.32 Å². The van der Waals surface area contributed by atoms with E-state index < -0.39 is 20.0 Å². The Bertz CT molecular complexity index is 918. The van der Waals surface area contributed by atoms with E-state index in [-0.39, 0.29) is 25.7 Å². The van der Waals surface area contributed by atoms with Crippen LogP contribution in [0, 0.1) is 0 Å². The zero-order valence-electron chi connectivity index (χ0n) is 29.7. The standard InChI is InChI=1S/C38H69N2O6P/c1-3-5-7-9-11-13-15-16-17-18-19-20-22-24-26-28-30-32-38(42)40-36(35-46-47(43,44)45-34-33-39)37(41)31-29-27-25-23-21-14-12-10-8-6-4-2/h5,7,11,13,16-17,21,23,29,31,36-37,41H,3-4,6,8-10,12,14-15,18-20,22,24-28,30,32-35,39H2,1-2H3,(H,40,42)(H,43,44)/b7-5-,13-11-,17-16-,23-21+,31-29+. The fourth-order valence-corrected chi connectivity index (χ4v) is 5.57. The van der Waals surface area contributed by atoms with Gasteiger partial charge in [-0.3, -0.25) is 13.8 Å². The Morgan fingerprint density at radius 1 is 0.723 bits per heavy atom. The van der Waals surface area contributed by atoms with Gasteiger partial charge < -0.3 is 21.1 Å².